The fraction of sp³-hybridized carbons (Fsp3) is 0.0877. The van der Waals surface area contributed by atoms with E-state index in [0.717, 1.165) is 17.1 Å². The van der Waals surface area contributed by atoms with Gasteiger partial charge in [-0.1, -0.05) is 172 Å². The van der Waals surface area contributed by atoms with Crippen LogP contribution >= 0.6 is 11.8 Å². The van der Waals surface area contributed by atoms with Gasteiger partial charge in [0.1, 0.15) is 5.37 Å². The van der Waals surface area contributed by atoms with E-state index in [2.05, 4.69) is 225 Å². The van der Waals surface area contributed by atoms with Crippen LogP contribution < -0.4 is 10.2 Å². The summed E-state index contributed by atoms with van der Waals surface area (Å²) in [5.41, 5.74) is 19.5. The average Bonchev–Trinajstić information content (AvgIpc) is 3.52. The second-order valence-electron chi connectivity index (χ2n) is 16.4. The smallest absolute Gasteiger partial charge is 0.102 e. The van der Waals surface area contributed by atoms with Gasteiger partial charge in [-0.05, 0) is 125 Å². The van der Waals surface area contributed by atoms with Crippen molar-refractivity contribution < 1.29 is 0 Å². The zero-order valence-corrected chi connectivity index (χ0v) is 35.0. The maximum atomic E-state index is 4.16. The van der Waals surface area contributed by atoms with Crippen LogP contribution in [-0.4, -0.2) is 7.05 Å². The minimum absolute atomic E-state index is 0.0340. The van der Waals surface area contributed by atoms with E-state index < -0.39 is 0 Å². The van der Waals surface area contributed by atoms with Gasteiger partial charge in [0.15, 0.2) is 0 Å². The monoisotopic (exact) mass is 790 g/mol. The Bertz CT molecular complexity index is 2990. The molecular weight excluding hydrogens is 745 g/mol. The van der Waals surface area contributed by atoms with Crippen molar-refractivity contribution in [2.75, 3.05) is 11.9 Å². The molecule has 0 radical (unpaired) electrons. The summed E-state index contributed by atoms with van der Waals surface area (Å²) in [4.78, 5) is 2.31. The molecule has 60 heavy (non-hydrogen) atoms. The normalized spacial score (nSPS) is 16.2. The Morgan fingerprint density at radius 3 is 1.97 bits per heavy atom. The van der Waals surface area contributed by atoms with Gasteiger partial charge in [0, 0.05) is 35.1 Å². The lowest BCUT2D eigenvalue weighted by molar-refractivity contribution is 0.660. The van der Waals surface area contributed by atoms with E-state index in [1.54, 1.807) is 11.8 Å². The molecule has 2 nitrogen and oxygen atoms in total. The topological polar surface area (TPSA) is 15.3 Å². The molecule has 0 amide bonds. The van der Waals surface area contributed by atoms with Crippen LogP contribution in [0.3, 0.4) is 0 Å². The van der Waals surface area contributed by atoms with Gasteiger partial charge < -0.3 is 10.2 Å². The number of fused-ring (bicyclic) bond motifs is 4. The summed E-state index contributed by atoms with van der Waals surface area (Å²) in [7, 11) is 2.17. The van der Waals surface area contributed by atoms with Crippen molar-refractivity contribution in [2.45, 2.75) is 24.6 Å². The molecule has 0 aromatic heterocycles. The standard InChI is InChI=1S/C57H46N2S/c1-38-12-9-10-33-60-56(58-38)43-25-21-41(22-26-43)47-29-32-55(59(4)49-30-27-39-13-5-6-14-46(39)35-49)52(36-47)42-23-19-40(20-24-42)44-15-11-16-45(34-44)48-28-31-51-50-17-7-8-18-53(50)57(2,3)54(51)37-48/h5-37,56,58H,1H2,2-4H3/b12-9-,33-10-. The predicted molar refractivity (Wildman–Crippen MR) is 259 cm³/mol. The van der Waals surface area contributed by atoms with Crippen molar-refractivity contribution in [3.63, 3.8) is 0 Å². The van der Waals surface area contributed by atoms with Gasteiger partial charge in [0.25, 0.3) is 0 Å². The first kappa shape index (κ1) is 37.5. The van der Waals surface area contributed by atoms with Crippen LogP contribution in [0.1, 0.15) is 35.9 Å². The summed E-state index contributed by atoms with van der Waals surface area (Å²) in [6, 6.07) is 65.0. The molecule has 1 aliphatic carbocycles. The molecule has 8 aromatic rings. The highest BCUT2D eigenvalue weighted by Crippen LogP contribution is 2.49. The molecule has 2 aliphatic rings. The Hall–Kier alpha value is -6.81. The Morgan fingerprint density at radius 1 is 0.517 bits per heavy atom. The summed E-state index contributed by atoms with van der Waals surface area (Å²) in [6.07, 6.45) is 6.09. The van der Waals surface area contributed by atoms with Gasteiger partial charge in [-0.3, -0.25) is 0 Å². The van der Waals surface area contributed by atoms with Gasteiger partial charge in [-0.25, -0.2) is 0 Å². The van der Waals surface area contributed by atoms with Gasteiger partial charge in [-0.2, -0.15) is 0 Å². The molecule has 0 saturated carbocycles. The Balaban J connectivity index is 0.988. The molecule has 8 aromatic carbocycles. The molecule has 0 saturated heterocycles. The minimum atomic E-state index is -0.0340. The lowest BCUT2D eigenvalue weighted by Crippen LogP contribution is -2.16. The van der Waals surface area contributed by atoms with Crippen molar-refractivity contribution in [1.29, 1.82) is 0 Å². The number of benzene rings is 8. The van der Waals surface area contributed by atoms with Crippen LogP contribution in [0.4, 0.5) is 11.4 Å². The third-order valence-corrected chi connectivity index (χ3v) is 13.3. The number of hydrogen-bond donors (Lipinski definition) is 1. The summed E-state index contributed by atoms with van der Waals surface area (Å²) < 4.78 is 0. The van der Waals surface area contributed by atoms with Crippen molar-refractivity contribution >= 4 is 33.9 Å². The van der Waals surface area contributed by atoms with Crippen LogP contribution in [0, 0.1) is 0 Å². The molecule has 1 heterocycles. The lowest BCUT2D eigenvalue weighted by Gasteiger charge is -2.24. The van der Waals surface area contributed by atoms with Crippen molar-refractivity contribution in [3.05, 3.63) is 229 Å². The van der Waals surface area contributed by atoms with Crippen LogP contribution in [0.5, 0.6) is 0 Å². The third kappa shape index (κ3) is 6.95. The fourth-order valence-electron chi connectivity index (χ4n) is 8.97. The van der Waals surface area contributed by atoms with Crippen LogP contribution in [0.15, 0.2) is 212 Å². The van der Waals surface area contributed by atoms with Gasteiger partial charge in [0.05, 0.1) is 0 Å². The van der Waals surface area contributed by atoms with Crippen LogP contribution in [0.25, 0.3) is 66.4 Å². The fourth-order valence-corrected chi connectivity index (χ4v) is 9.84. The van der Waals surface area contributed by atoms with Gasteiger partial charge in [-0.15, -0.1) is 11.8 Å². The zero-order chi connectivity index (χ0) is 40.8. The number of rotatable bonds is 7. The quantitative estimate of drug-likeness (QED) is 0.173. The number of nitrogens with zero attached hydrogens (tertiary/aromatic N) is 1. The van der Waals surface area contributed by atoms with E-state index in [-0.39, 0.29) is 10.8 Å². The van der Waals surface area contributed by atoms with Gasteiger partial charge in [0.2, 0.25) is 0 Å². The molecule has 1 N–H and O–H groups in total. The highest BCUT2D eigenvalue weighted by Gasteiger charge is 2.35. The molecular formula is C57H46N2S. The highest BCUT2D eigenvalue weighted by atomic mass is 32.2. The van der Waals surface area contributed by atoms with Crippen LogP contribution in [0.2, 0.25) is 0 Å². The molecule has 0 bridgehead atoms. The molecule has 1 unspecified atom stereocenters. The summed E-state index contributed by atoms with van der Waals surface area (Å²) in [5.74, 6) is 0. The van der Waals surface area contributed by atoms with E-state index in [1.807, 2.05) is 12.2 Å². The van der Waals surface area contributed by atoms with E-state index in [1.165, 1.54) is 83.1 Å². The second-order valence-corrected chi connectivity index (χ2v) is 17.4. The zero-order valence-electron chi connectivity index (χ0n) is 34.2. The molecule has 10 rings (SSSR count). The van der Waals surface area contributed by atoms with Crippen molar-refractivity contribution in [2.24, 2.45) is 0 Å². The molecule has 1 aliphatic heterocycles. The number of thioether (sulfide) groups is 1. The lowest BCUT2D eigenvalue weighted by atomic mass is 9.81. The Labute approximate surface area is 358 Å². The van der Waals surface area contributed by atoms with Crippen molar-refractivity contribution in [3.8, 4) is 55.6 Å². The molecule has 0 fully saturated rings. The minimum Gasteiger partial charge on any atom is -0.370 e. The maximum Gasteiger partial charge on any atom is 0.102 e. The predicted octanol–water partition coefficient (Wildman–Crippen LogP) is 15.5. The third-order valence-electron chi connectivity index (χ3n) is 12.4. The summed E-state index contributed by atoms with van der Waals surface area (Å²) in [5, 5.41) is 8.23. The van der Waals surface area contributed by atoms with E-state index in [4.69, 9.17) is 0 Å². The number of allylic oxidation sites excluding steroid dienone is 3. The Kier molecular flexibility index (Phi) is 9.62. The second kappa shape index (κ2) is 15.4. The SMILES string of the molecule is C=C1/C=C\C=C/SC(c2ccc(-c3ccc(N(C)c4ccc5ccccc5c4)c(-c4ccc(-c5cccc(-c6ccc7c(c6)C(C)(C)c6ccccc6-7)c5)cc4)c3)cc2)N1. The largest absolute Gasteiger partial charge is 0.370 e. The van der Waals surface area contributed by atoms with Crippen LogP contribution in [-0.2, 0) is 5.41 Å². The molecule has 290 valence electrons. The number of anilines is 2. The first-order chi connectivity index (χ1) is 29.3. The average molecular weight is 791 g/mol. The number of hydrogen-bond acceptors (Lipinski definition) is 3. The van der Waals surface area contributed by atoms with E-state index >= 15 is 0 Å². The summed E-state index contributed by atoms with van der Waals surface area (Å²) >= 11 is 1.75. The Morgan fingerprint density at radius 2 is 1.15 bits per heavy atom. The first-order valence-electron chi connectivity index (χ1n) is 20.7. The maximum absolute atomic E-state index is 4.16. The highest BCUT2D eigenvalue weighted by molar-refractivity contribution is 8.02. The number of nitrogens with one attached hydrogen (secondary N) is 1. The van der Waals surface area contributed by atoms with Crippen molar-refractivity contribution in [1.82, 2.24) is 5.32 Å². The molecule has 0 spiro atoms. The van der Waals surface area contributed by atoms with E-state index in [9.17, 15) is 0 Å². The van der Waals surface area contributed by atoms with Gasteiger partial charge >= 0.3 is 0 Å². The molecule has 1 atom stereocenters. The first-order valence-corrected chi connectivity index (χ1v) is 21.6. The van der Waals surface area contributed by atoms with E-state index in [0.29, 0.717) is 0 Å². The molecule has 3 heteroatoms. The summed E-state index contributed by atoms with van der Waals surface area (Å²) in [6.45, 7) is 8.86.